The Morgan fingerprint density at radius 2 is 1.96 bits per heavy atom. The Balaban J connectivity index is 1.70. The molecule has 2 heterocycles. The molecule has 1 aromatic heterocycles. The molecule has 3 rings (SSSR count). The van der Waals surface area contributed by atoms with Gasteiger partial charge in [0.1, 0.15) is 12.3 Å². The van der Waals surface area contributed by atoms with Gasteiger partial charge in [0.05, 0.1) is 18.8 Å². The fourth-order valence-corrected chi connectivity index (χ4v) is 3.35. The molecule has 0 radical (unpaired) electrons. The van der Waals surface area contributed by atoms with Crippen molar-refractivity contribution in [2.45, 2.75) is 26.4 Å². The molecule has 134 valence electrons. The number of carbonyl (C=O) groups excluding carboxylic acids is 1. The summed E-state index contributed by atoms with van der Waals surface area (Å²) in [7, 11) is 3.78. The van der Waals surface area contributed by atoms with Crippen LogP contribution in [0.2, 0.25) is 0 Å². The maximum absolute atomic E-state index is 12.7. The van der Waals surface area contributed by atoms with Gasteiger partial charge in [0, 0.05) is 25.3 Å². The standard InChI is InChI=1S/C19H26N4O2/c1-14-11-15(2)23(20-14)13-19(24)22-10-9-21(3)18(12-22)16-5-7-17(25-4)8-6-16/h5-8,11,18H,9-10,12-13H2,1-4H3/t18-/m0/s1. The van der Waals surface area contributed by atoms with Crippen molar-refractivity contribution in [3.05, 3.63) is 47.3 Å². The van der Waals surface area contributed by atoms with Gasteiger partial charge in [0.15, 0.2) is 0 Å². The molecule has 1 aromatic carbocycles. The lowest BCUT2D eigenvalue weighted by atomic mass is 10.0. The summed E-state index contributed by atoms with van der Waals surface area (Å²) in [4.78, 5) is 17.0. The van der Waals surface area contributed by atoms with Crippen molar-refractivity contribution in [1.29, 1.82) is 0 Å². The first-order chi connectivity index (χ1) is 12.0. The van der Waals surface area contributed by atoms with E-state index in [9.17, 15) is 4.79 Å². The number of aromatic nitrogens is 2. The Kier molecular flexibility index (Phi) is 5.08. The lowest BCUT2D eigenvalue weighted by Crippen LogP contribution is -2.49. The molecule has 0 aliphatic carbocycles. The van der Waals surface area contributed by atoms with Crippen molar-refractivity contribution in [3.63, 3.8) is 0 Å². The van der Waals surface area contributed by atoms with Crippen molar-refractivity contribution in [3.8, 4) is 5.75 Å². The third-order valence-electron chi connectivity index (χ3n) is 4.89. The molecule has 1 aliphatic rings. The summed E-state index contributed by atoms with van der Waals surface area (Å²) in [6.07, 6.45) is 0. The summed E-state index contributed by atoms with van der Waals surface area (Å²) in [5.74, 6) is 0.970. The van der Waals surface area contributed by atoms with Gasteiger partial charge in [-0.2, -0.15) is 5.10 Å². The second-order valence-corrected chi connectivity index (χ2v) is 6.69. The van der Waals surface area contributed by atoms with Gasteiger partial charge in [-0.05, 0) is 44.7 Å². The molecule has 0 bridgehead atoms. The number of rotatable bonds is 4. The van der Waals surface area contributed by atoms with Crippen LogP contribution >= 0.6 is 0 Å². The molecule has 0 saturated carbocycles. The molecule has 2 aromatic rings. The van der Waals surface area contributed by atoms with Crippen LogP contribution in [-0.4, -0.2) is 59.3 Å². The first kappa shape index (κ1) is 17.5. The molecular formula is C19H26N4O2. The van der Waals surface area contributed by atoms with E-state index >= 15 is 0 Å². The third-order valence-corrected chi connectivity index (χ3v) is 4.89. The number of benzene rings is 1. The number of aryl methyl sites for hydroxylation is 2. The average molecular weight is 342 g/mol. The second kappa shape index (κ2) is 7.27. The Hall–Kier alpha value is -2.34. The Labute approximate surface area is 149 Å². The SMILES string of the molecule is COc1ccc([C@@H]2CN(C(=O)Cn3nc(C)cc3C)CCN2C)cc1. The molecule has 6 heteroatoms. The van der Waals surface area contributed by atoms with Crippen LogP contribution in [0.15, 0.2) is 30.3 Å². The molecule has 6 nitrogen and oxygen atoms in total. The fourth-order valence-electron chi connectivity index (χ4n) is 3.35. The van der Waals surface area contributed by atoms with Gasteiger partial charge in [0.2, 0.25) is 5.91 Å². The van der Waals surface area contributed by atoms with Crippen LogP contribution in [0.25, 0.3) is 0 Å². The first-order valence-corrected chi connectivity index (χ1v) is 8.61. The Bertz CT molecular complexity index is 738. The minimum atomic E-state index is 0.123. The number of piperazine rings is 1. The van der Waals surface area contributed by atoms with Gasteiger partial charge in [-0.1, -0.05) is 12.1 Å². The minimum absolute atomic E-state index is 0.123. The van der Waals surface area contributed by atoms with E-state index < -0.39 is 0 Å². The number of carbonyl (C=O) groups is 1. The van der Waals surface area contributed by atoms with E-state index in [0.717, 1.165) is 30.2 Å². The van der Waals surface area contributed by atoms with Crippen LogP contribution < -0.4 is 4.74 Å². The number of nitrogens with zero attached hydrogens (tertiary/aromatic N) is 4. The molecule has 1 fully saturated rings. The predicted molar refractivity (Wildman–Crippen MR) is 96.6 cm³/mol. The van der Waals surface area contributed by atoms with Crippen molar-refractivity contribution < 1.29 is 9.53 Å². The van der Waals surface area contributed by atoms with Crippen LogP contribution in [0, 0.1) is 13.8 Å². The zero-order valence-electron chi connectivity index (χ0n) is 15.4. The van der Waals surface area contributed by atoms with Crippen LogP contribution in [-0.2, 0) is 11.3 Å². The van der Waals surface area contributed by atoms with Gasteiger partial charge in [-0.25, -0.2) is 0 Å². The largest absolute Gasteiger partial charge is 0.497 e. The molecule has 1 aliphatic heterocycles. The van der Waals surface area contributed by atoms with Crippen molar-refractivity contribution in [2.24, 2.45) is 0 Å². The number of hydrogen-bond acceptors (Lipinski definition) is 4. The van der Waals surface area contributed by atoms with Crippen LogP contribution in [0.5, 0.6) is 5.75 Å². The molecular weight excluding hydrogens is 316 g/mol. The second-order valence-electron chi connectivity index (χ2n) is 6.69. The minimum Gasteiger partial charge on any atom is -0.497 e. The van der Waals surface area contributed by atoms with Crippen LogP contribution in [0.3, 0.4) is 0 Å². The maximum Gasteiger partial charge on any atom is 0.244 e. The number of likely N-dealkylation sites (N-methyl/N-ethyl adjacent to an activating group) is 1. The average Bonchev–Trinajstić information content (AvgIpc) is 2.92. The lowest BCUT2D eigenvalue weighted by molar-refractivity contribution is -0.134. The molecule has 1 saturated heterocycles. The zero-order valence-corrected chi connectivity index (χ0v) is 15.4. The number of ether oxygens (including phenoxy) is 1. The highest BCUT2D eigenvalue weighted by Crippen LogP contribution is 2.26. The van der Waals surface area contributed by atoms with Gasteiger partial charge in [-0.3, -0.25) is 14.4 Å². The highest BCUT2D eigenvalue weighted by atomic mass is 16.5. The zero-order chi connectivity index (χ0) is 18.0. The monoisotopic (exact) mass is 342 g/mol. The molecule has 1 atom stereocenters. The predicted octanol–water partition coefficient (Wildman–Crippen LogP) is 2.02. The highest BCUT2D eigenvalue weighted by molar-refractivity contribution is 5.76. The topological polar surface area (TPSA) is 50.6 Å². The van der Waals surface area contributed by atoms with E-state index in [1.54, 1.807) is 11.8 Å². The van der Waals surface area contributed by atoms with Gasteiger partial charge in [0.25, 0.3) is 0 Å². The summed E-state index contributed by atoms with van der Waals surface area (Å²) >= 11 is 0. The van der Waals surface area contributed by atoms with E-state index in [-0.39, 0.29) is 11.9 Å². The van der Waals surface area contributed by atoms with E-state index in [1.807, 2.05) is 36.9 Å². The Morgan fingerprint density at radius 3 is 2.56 bits per heavy atom. The van der Waals surface area contributed by atoms with E-state index in [0.29, 0.717) is 13.1 Å². The quantitative estimate of drug-likeness (QED) is 0.853. The smallest absolute Gasteiger partial charge is 0.244 e. The summed E-state index contributed by atoms with van der Waals surface area (Å²) in [5.41, 5.74) is 3.17. The van der Waals surface area contributed by atoms with Gasteiger partial charge in [-0.15, -0.1) is 0 Å². The van der Waals surface area contributed by atoms with Gasteiger partial charge >= 0.3 is 0 Å². The molecule has 0 spiro atoms. The van der Waals surface area contributed by atoms with Crippen molar-refractivity contribution >= 4 is 5.91 Å². The van der Waals surface area contributed by atoms with Crippen LogP contribution in [0.1, 0.15) is 23.0 Å². The fraction of sp³-hybridized carbons (Fsp3) is 0.474. The van der Waals surface area contributed by atoms with E-state index in [4.69, 9.17) is 4.74 Å². The number of amides is 1. The van der Waals surface area contributed by atoms with Crippen molar-refractivity contribution in [2.75, 3.05) is 33.8 Å². The number of hydrogen-bond donors (Lipinski definition) is 0. The van der Waals surface area contributed by atoms with Crippen molar-refractivity contribution in [1.82, 2.24) is 19.6 Å². The van der Waals surface area contributed by atoms with E-state index in [1.165, 1.54) is 5.56 Å². The molecule has 25 heavy (non-hydrogen) atoms. The first-order valence-electron chi connectivity index (χ1n) is 8.61. The third kappa shape index (κ3) is 3.85. The molecule has 1 amide bonds. The van der Waals surface area contributed by atoms with E-state index in [2.05, 4.69) is 29.2 Å². The summed E-state index contributed by atoms with van der Waals surface area (Å²) in [5, 5.41) is 4.40. The lowest BCUT2D eigenvalue weighted by Gasteiger charge is -2.39. The maximum atomic E-state index is 12.7. The normalized spacial score (nSPS) is 18.4. The Morgan fingerprint density at radius 1 is 1.24 bits per heavy atom. The summed E-state index contributed by atoms with van der Waals surface area (Å²) in [6, 6.07) is 10.3. The summed E-state index contributed by atoms with van der Waals surface area (Å²) in [6.45, 7) is 6.54. The van der Waals surface area contributed by atoms with Crippen LogP contribution in [0.4, 0.5) is 0 Å². The van der Waals surface area contributed by atoms with Gasteiger partial charge < -0.3 is 9.64 Å². The summed E-state index contributed by atoms with van der Waals surface area (Å²) < 4.78 is 7.02. The highest BCUT2D eigenvalue weighted by Gasteiger charge is 2.28. The molecule has 0 unspecified atom stereocenters. The molecule has 0 N–H and O–H groups in total. The number of methoxy groups -OCH3 is 1.